The van der Waals surface area contributed by atoms with Gasteiger partial charge in [0, 0.05) is 22.7 Å². The Bertz CT molecular complexity index is 432. The molecule has 13 heavy (non-hydrogen) atoms. The van der Waals surface area contributed by atoms with E-state index in [9.17, 15) is 8.78 Å². The maximum absolute atomic E-state index is 12.7. The summed E-state index contributed by atoms with van der Waals surface area (Å²) in [7, 11) is 0. The lowest BCUT2D eigenvalue weighted by molar-refractivity contribution is 0.511. The van der Waals surface area contributed by atoms with Gasteiger partial charge < -0.3 is 4.98 Å². The first-order valence-electron chi connectivity index (χ1n) is 3.81. The summed E-state index contributed by atoms with van der Waals surface area (Å²) in [5, 5.41) is 0.647. The van der Waals surface area contributed by atoms with Gasteiger partial charge in [-0.2, -0.15) is 0 Å². The second-order valence-electron chi connectivity index (χ2n) is 2.78. The zero-order chi connectivity index (χ0) is 9.42. The highest BCUT2D eigenvalue weighted by Gasteiger charge is 2.05. The minimum atomic E-state index is -0.843. The quantitative estimate of drug-likeness (QED) is 0.692. The number of H-pyrrole nitrogens is 1. The molecule has 3 heteroatoms. The number of fused-ring (bicyclic) bond motifs is 1. The van der Waals surface area contributed by atoms with E-state index in [1.54, 1.807) is 12.1 Å². The van der Waals surface area contributed by atoms with E-state index >= 15 is 0 Å². The summed E-state index contributed by atoms with van der Waals surface area (Å²) in [6.45, 7) is 3.55. The number of halogens is 2. The van der Waals surface area contributed by atoms with Crippen LogP contribution in [0.3, 0.4) is 0 Å². The van der Waals surface area contributed by atoms with E-state index < -0.39 is 11.6 Å². The van der Waals surface area contributed by atoms with Gasteiger partial charge in [-0.1, -0.05) is 6.58 Å². The van der Waals surface area contributed by atoms with Gasteiger partial charge in [-0.3, -0.25) is 0 Å². The smallest absolute Gasteiger partial charge is 0.160 e. The van der Waals surface area contributed by atoms with Crippen molar-refractivity contribution < 1.29 is 8.78 Å². The molecule has 0 spiro atoms. The summed E-state index contributed by atoms with van der Waals surface area (Å²) in [4.78, 5) is 2.89. The van der Waals surface area contributed by atoms with Crippen molar-refractivity contribution in [2.24, 2.45) is 0 Å². The van der Waals surface area contributed by atoms with Crippen LogP contribution in [0.25, 0.3) is 17.0 Å². The Labute approximate surface area is 73.7 Å². The number of aromatic nitrogens is 1. The first-order valence-corrected chi connectivity index (χ1v) is 3.81. The van der Waals surface area contributed by atoms with E-state index in [2.05, 4.69) is 11.6 Å². The molecule has 0 radical (unpaired) electrons. The third-order valence-corrected chi connectivity index (χ3v) is 1.90. The number of benzene rings is 1. The molecular formula is C10H7F2N. The van der Waals surface area contributed by atoms with Gasteiger partial charge >= 0.3 is 0 Å². The zero-order valence-electron chi connectivity index (χ0n) is 6.77. The Morgan fingerprint density at radius 1 is 1.15 bits per heavy atom. The third-order valence-electron chi connectivity index (χ3n) is 1.90. The minimum absolute atomic E-state index is 0.578. The second kappa shape index (κ2) is 2.69. The lowest BCUT2D eigenvalue weighted by Crippen LogP contribution is -1.81. The number of hydrogen-bond acceptors (Lipinski definition) is 0. The summed E-state index contributed by atoms with van der Waals surface area (Å²) in [6, 6.07) is 4.01. The van der Waals surface area contributed by atoms with Crippen molar-refractivity contribution in [2.45, 2.75) is 0 Å². The highest BCUT2D eigenvalue weighted by atomic mass is 19.2. The van der Waals surface area contributed by atoms with Gasteiger partial charge in [-0.05, 0) is 18.2 Å². The zero-order valence-corrected chi connectivity index (χ0v) is 6.77. The molecule has 0 bridgehead atoms. The molecule has 1 nitrogen and oxygen atoms in total. The van der Waals surface area contributed by atoms with Crippen LogP contribution in [0.4, 0.5) is 8.78 Å². The van der Waals surface area contributed by atoms with Crippen molar-refractivity contribution in [3.8, 4) is 0 Å². The molecule has 1 heterocycles. The normalized spacial score (nSPS) is 10.6. The SMILES string of the molecule is C=Cc1cc2cc(F)c(F)cc2[nH]1. The highest BCUT2D eigenvalue weighted by molar-refractivity contribution is 5.82. The first-order chi connectivity index (χ1) is 6.20. The Morgan fingerprint density at radius 2 is 1.85 bits per heavy atom. The van der Waals surface area contributed by atoms with Crippen molar-refractivity contribution in [3.63, 3.8) is 0 Å². The fraction of sp³-hybridized carbons (Fsp3) is 0. The summed E-state index contributed by atoms with van der Waals surface area (Å²) in [5.74, 6) is -1.67. The van der Waals surface area contributed by atoms with Crippen LogP contribution >= 0.6 is 0 Å². The van der Waals surface area contributed by atoms with Gasteiger partial charge in [0.15, 0.2) is 11.6 Å². The molecule has 0 amide bonds. The maximum Gasteiger partial charge on any atom is 0.160 e. The molecule has 0 fully saturated rings. The standard InChI is InChI=1S/C10H7F2N/c1-2-7-3-6-4-8(11)9(12)5-10(6)13-7/h2-5,13H,1H2. The van der Waals surface area contributed by atoms with Gasteiger partial charge in [0.2, 0.25) is 0 Å². The average Bonchev–Trinajstić information content (AvgIpc) is 2.48. The van der Waals surface area contributed by atoms with Crippen LogP contribution in [0.1, 0.15) is 5.69 Å². The number of hydrogen-bond donors (Lipinski definition) is 1. The Balaban J connectivity index is 2.77. The molecule has 1 aromatic carbocycles. The average molecular weight is 179 g/mol. The first kappa shape index (κ1) is 7.98. The van der Waals surface area contributed by atoms with E-state index in [0.29, 0.717) is 10.9 Å². The number of rotatable bonds is 1. The molecule has 0 saturated heterocycles. The van der Waals surface area contributed by atoms with Crippen molar-refractivity contribution >= 4 is 17.0 Å². The maximum atomic E-state index is 12.7. The lowest BCUT2D eigenvalue weighted by atomic mass is 10.2. The lowest BCUT2D eigenvalue weighted by Gasteiger charge is -1.91. The Kier molecular flexibility index (Phi) is 1.65. The summed E-state index contributed by atoms with van der Waals surface area (Å²) in [5.41, 5.74) is 1.33. The molecule has 0 saturated carbocycles. The minimum Gasteiger partial charge on any atom is -0.355 e. The van der Waals surface area contributed by atoms with Crippen LogP contribution in [0, 0.1) is 11.6 Å². The van der Waals surface area contributed by atoms with Gasteiger partial charge in [0.05, 0.1) is 0 Å². The third kappa shape index (κ3) is 1.22. The highest BCUT2D eigenvalue weighted by Crippen LogP contribution is 2.19. The van der Waals surface area contributed by atoms with Crippen LogP contribution in [0.5, 0.6) is 0 Å². The molecule has 0 atom stereocenters. The topological polar surface area (TPSA) is 15.8 Å². The van der Waals surface area contributed by atoms with Gasteiger partial charge in [-0.15, -0.1) is 0 Å². The Hall–Kier alpha value is -1.64. The fourth-order valence-corrected chi connectivity index (χ4v) is 1.26. The molecule has 0 unspecified atom stereocenters. The number of aromatic amines is 1. The molecule has 66 valence electrons. The van der Waals surface area contributed by atoms with Crippen LogP contribution in [0.15, 0.2) is 24.8 Å². The van der Waals surface area contributed by atoms with Crippen molar-refractivity contribution in [1.82, 2.24) is 4.98 Å². The van der Waals surface area contributed by atoms with Crippen LogP contribution in [-0.2, 0) is 0 Å². The van der Waals surface area contributed by atoms with Crippen molar-refractivity contribution in [2.75, 3.05) is 0 Å². The van der Waals surface area contributed by atoms with Gasteiger partial charge in [0.1, 0.15) is 0 Å². The van der Waals surface area contributed by atoms with E-state index in [1.807, 2.05) is 0 Å². The predicted molar refractivity (Wildman–Crippen MR) is 48.3 cm³/mol. The summed E-state index contributed by atoms with van der Waals surface area (Å²) < 4.78 is 25.5. The largest absolute Gasteiger partial charge is 0.355 e. The summed E-state index contributed by atoms with van der Waals surface area (Å²) in [6.07, 6.45) is 1.59. The molecule has 0 aliphatic rings. The Morgan fingerprint density at radius 3 is 2.54 bits per heavy atom. The van der Waals surface area contributed by atoms with Crippen LogP contribution in [-0.4, -0.2) is 4.98 Å². The molecule has 1 aromatic heterocycles. The van der Waals surface area contributed by atoms with E-state index in [-0.39, 0.29) is 0 Å². The van der Waals surface area contributed by atoms with Crippen LogP contribution < -0.4 is 0 Å². The molecule has 2 aromatic rings. The van der Waals surface area contributed by atoms with Gasteiger partial charge in [-0.25, -0.2) is 8.78 Å². The molecular weight excluding hydrogens is 172 g/mol. The van der Waals surface area contributed by atoms with Gasteiger partial charge in [0.25, 0.3) is 0 Å². The monoisotopic (exact) mass is 179 g/mol. The second-order valence-corrected chi connectivity index (χ2v) is 2.78. The van der Waals surface area contributed by atoms with Crippen LogP contribution in [0.2, 0.25) is 0 Å². The van der Waals surface area contributed by atoms with E-state index in [4.69, 9.17) is 0 Å². The molecule has 0 aliphatic carbocycles. The van der Waals surface area contributed by atoms with Crippen molar-refractivity contribution in [1.29, 1.82) is 0 Å². The number of nitrogens with one attached hydrogen (secondary N) is 1. The molecule has 1 N–H and O–H groups in total. The summed E-state index contributed by atoms with van der Waals surface area (Å²) >= 11 is 0. The van der Waals surface area contributed by atoms with E-state index in [1.165, 1.54) is 0 Å². The fourth-order valence-electron chi connectivity index (χ4n) is 1.26. The van der Waals surface area contributed by atoms with Crippen molar-refractivity contribution in [3.05, 3.63) is 42.1 Å². The molecule has 2 rings (SSSR count). The predicted octanol–water partition coefficient (Wildman–Crippen LogP) is 3.09. The molecule has 0 aliphatic heterocycles. The van der Waals surface area contributed by atoms with E-state index in [0.717, 1.165) is 17.8 Å².